The Kier molecular flexibility index (Phi) is 3.71. The Morgan fingerprint density at radius 1 is 0.500 bits per heavy atom. The molecule has 0 atom stereocenters. The highest BCUT2D eigenvalue weighted by Gasteiger charge is 2.23. The second kappa shape index (κ2) is 6.48. The van der Waals surface area contributed by atoms with Gasteiger partial charge in [-0.05, 0) is 101 Å². The summed E-state index contributed by atoms with van der Waals surface area (Å²) in [7, 11) is 0. The maximum atomic E-state index is 3.88. The Balaban J connectivity index is 1.78. The number of aromatic amines is 1. The molecule has 4 bridgehead atoms. The van der Waals surface area contributed by atoms with E-state index in [2.05, 4.69) is 41.4 Å². The van der Waals surface area contributed by atoms with Crippen LogP contribution in [0.4, 0.5) is 0 Å². The second-order valence-electron chi connectivity index (χ2n) is 9.78. The van der Waals surface area contributed by atoms with Crippen molar-refractivity contribution in [1.82, 2.24) is 4.98 Å². The molecule has 0 fully saturated rings. The Morgan fingerprint density at radius 3 is 1.93 bits per heavy atom. The molecule has 30 heavy (non-hydrogen) atoms. The fourth-order valence-corrected chi connectivity index (χ4v) is 6.63. The second-order valence-corrected chi connectivity index (χ2v) is 9.78. The number of fused-ring (bicyclic) bond motifs is 12. The molecule has 0 amide bonds. The number of aryl methyl sites for hydroxylation is 4. The molecule has 2 aliphatic carbocycles. The van der Waals surface area contributed by atoms with E-state index in [4.69, 9.17) is 0 Å². The van der Waals surface area contributed by atoms with Gasteiger partial charge in [0.1, 0.15) is 0 Å². The monoisotopic (exact) mass is 391 g/mol. The number of H-pyrrole nitrogens is 1. The Bertz CT molecular complexity index is 1420. The number of hydrogen-bond donors (Lipinski definition) is 1. The first-order chi connectivity index (χ1) is 14.9. The van der Waals surface area contributed by atoms with Crippen LogP contribution in [-0.4, -0.2) is 4.98 Å². The van der Waals surface area contributed by atoms with Crippen molar-refractivity contribution >= 4 is 43.4 Å². The van der Waals surface area contributed by atoms with Crippen LogP contribution >= 0.6 is 0 Å². The molecule has 0 spiro atoms. The molecule has 1 N–H and O–H groups in total. The first-order valence-electron chi connectivity index (χ1n) is 12.1. The van der Waals surface area contributed by atoms with Gasteiger partial charge in [0.2, 0.25) is 0 Å². The topological polar surface area (TPSA) is 15.8 Å². The van der Waals surface area contributed by atoms with E-state index in [-0.39, 0.29) is 0 Å². The predicted molar refractivity (Wildman–Crippen MR) is 129 cm³/mol. The fourth-order valence-electron chi connectivity index (χ4n) is 6.63. The molecule has 150 valence electrons. The molecule has 0 unspecified atom stereocenters. The number of aromatic nitrogens is 1. The average Bonchev–Trinajstić information content (AvgIpc) is 3.15. The van der Waals surface area contributed by atoms with Gasteiger partial charge >= 0.3 is 0 Å². The molecule has 0 aliphatic heterocycles. The summed E-state index contributed by atoms with van der Waals surface area (Å²) in [6.07, 6.45) is 14.3. The van der Waals surface area contributed by atoms with Gasteiger partial charge in [0.25, 0.3) is 0 Å². The fraction of sp³-hybridized carbons (Fsp3) is 0.379. The Hall–Kier alpha value is -2.54. The summed E-state index contributed by atoms with van der Waals surface area (Å²) >= 11 is 0. The molecule has 1 heteroatoms. The minimum absolute atomic E-state index is 1.21. The van der Waals surface area contributed by atoms with E-state index >= 15 is 0 Å². The van der Waals surface area contributed by atoms with Crippen LogP contribution in [0.2, 0.25) is 0 Å². The van der Waals surface area contributed by atoms with Crippen molar-refractivity contribution in [3.63, 3.8) is 0 Å². The maximum Gasteiger partial charge on any atom is 0.0504 e. The van der Waals surface area contributed by atoms with Crippen LogP contribution in [0.5, 0.6) is 0 Å². The van der Waals surface area contributed by atoms with Gasteiger partial charge in [-0.25, -0.2) is 0 Å². The smallest absolute Gasteiger partial charge is 0.0504 e. The van der Waals surface area contributed by atoms with Gasteiger partial charge in [-0.3, -0.25) is 0 Å². The van der Waals surface area contributed by atoms with Gasteiger partial charge in [-0.15, -0.1) is 0 Å². The number of hydrogen-bond acceptors (Lipinski definition) is 0. The van der Waals surface area contributed by atoms with E-state index in [1.54, 1.807) is 38.4 Å². The van der Waals surface area contributed by atoms with E-state index < -0.39 is 0 Å². The standard InChI is InChI=1S/C29H29N/c1-2-5-10-19-16-15-18(9-4-1)24-22-13-8-14-23-27(22)28-26(25(19)24)20-11-6-3-7-12-21(17-20)29(28)30-23/h8,13-17,30H,1-7,9-12H2. The van der Waals surface area contributed by atoms with E-state index in [0.29, 0.717) is 0 Å². The quantitative estimate of drug-likeness (QED) is 0.257. The van der Waals surface area contributed by atoms with Crippen molar-refractivity contribution in [1.29, 1.82) is 0 Å². The van der Waals surface area contributed by atoms with Gasteiger partial charge < -0.3 is 4.98 Å². The van der Waals surface area contributed by atoms with Crippen LogP contribution in [0.1, 0.15) is 67.2 Å². The van der Waals surface area contributed by atoms with Crippen molar-refractivity contribution in [3.05, 3.63) is 58.7 Å². The van der Waals surface area contributed by atoms with Crippen LogP contribution in [0.25, 0.3) is 43.4 Å². The van der Waals surface area contributed by atoms with Crippen LogP contribution in [-0.2, 0) is 25.7 Å². The summed E-state index contributed by atoms with van der Waals surface area (Å²) in [6.45, 7) is 0. The summed E-state index contributed by atoms with van der Waals surface area (Å²) in [5, 5.41) is 9.28. The van der Waals surface area contributed by atoms with Crippen molar-refractivity contribution in [3.8, 4) is 0 Å². The van der Waals surface area contributed by atoms with Crippen molar-refractivity contribution in [2.75, 3.05) is 0 Å². The summed E-state index contributed by atoms with van der Waals surface area (Å²) in [5.74, 6) is 0. The zero-order valence-electron chi connectivity index (χ0n) is 17.7. The van der Waals surface area contributed by atoms with Crippen molar-refractivity contribution in [2.45, 2.75) is 70.6 Å². The number of nitrogens with one attached hydrogen (secondary N) is 1. The first-order valence-corrected chi connectivity index (χ1v) is 12.1. The van der Waals surface area contributed by atoms with Gasteiger partial charge in [-0.1, -0.05) is 49.6 Å². The van der Waals surface area contributed by atoms with Crippen LogP contribution < -0.4 is 0 Å². The lowest BCUT2D eigenvalue weighted by molar-refractivity contribution is 0.639. The Morgan fingerprint density at radius 2 is 1.13 bits per heavy atom. The SMILES string of the molecule is c1cc2[nH]c3c4cc(c5c6c7ccc(c6c(c1)c2c35)CCCCCC7)CCCCC4. The lowest BCUT2D eigenvalue weighted by atomic mass is 9.82. The van der Waals surface area contributed by atoms with Crippen molar-refractivity contribution < 1.29 is 0 Å². The molecule has 7 rings (SSSR count). The normalized spacial score (nSPS) is 17.9. The molecule has 1 aromatic heterocycles. The van der Waals surface area contributed by atoms with Crippen molar-refractivity contribution in [2.24, 2.45) is 0 Å². The maximum absolute atomic E-state index is 3.88. The first kappa shape index (κ1) is 17.2. The summed E-state index contributed by atoms with van der Waals surface area (Å²) < 4.78 is 0. The summed E-state index contributed by atoms with van der Waals surface area (Å²) in [5.41, 5.74) is 9.08. The molecule has 0 radical (unpaired) electrons. The molecule has 1 heterocycles. The average molecular weight is 392 g/mol. The minimum atomic E-state index is 1.21. The highest BCUT2D eigenvalue weighted by molar-refractivity contribution is 6.35. The lowest BCUT2D eigenvalue weighted by Gasteiger charge is -2.22. The molecule has 1 nitrogen and oxygen atoms in total. The molecule has 0 saturated carbocycles. The molecular weight excluding hydrogens is 362 g/mol. The summed E-state index contributed by atoms with van der Waals surface area (Å²) in [4.78, 5) is 3.88. The van der Waals surface area contributed by atoms with Crippen LogP contribution in [0, 0.1) is 0 Å². The van der Waals surface area contributed by atoms with Crippen LogP contribution in [0.3, 0.4) is 0 Å². The van der Waals surface area contributed by atoms with E-state index in [1.165, 1.54) is 97.8 Å². The van der Waals surface area contributed by atoms with Gasteiger partial charge in [0, 0.05) is 16.3 Å². The zero-order chi connectivity index (χ0) is 19.7. The van der Waals surface area contributed by atoms with Gasteiger partial charge in [0.05, 0.1) is 5.52 Å². The number of rotatable bonds is 0. The molecule has 5 aromatic rings. The van der Waals surface area contributed by atoms with E-state index in [9.17, 15) is 0 Å². The molecule has 0 saturated heterocycles. The van der Waals surface area contributed by atoms with Gasteiger partial charge in [0.15, 0.2) is 0 Å². The van der Waals surface area contributed by atoms with E-state index in [1.807, 2.05) is 0 Å². The largest absolute Gasteiger partial charge is 0.354 e. The lowest BCUT2D eigenvalue weighted by Crippen LogP contribution is -2.02. The highest BCUT2D eigenvalue weighted by atomic mass is 14.7. The Labute approximate surface area is 177 Å². The van der Waals surface area contributed by atoms with Gasteiger partial charge in [-0.2, -0.15) is 0 Å². The summed E-state index contributed by atoms with van der Waals surface area (Å²) in [6, 6.07) is 14.5. The van der Waals surface area contributed by atoms with Crippen LogP contribution in [0.15, 0.2) is 36.4 Å². The third-order valence-electron chi connectivity index (χ3n) is 8.00. The molecule has 2 aliphatic rings. The third-order valence-corrected chi connectivity index (χ3v) is 8.00. The number of benzene rings is 4. The molecule has 4 aromatic carbocycles. The highest BCUT2D eigenvalue weighted by Crippen LogP contribution is 2.47. The zero-order valence-corrected chi connectivity index (χ0v) is 17.7. The minimum Gasteiger partial charge on any atom is -0.354 e. The predicted octanol–water partition coefficient (Wildman–Crippen LogP) is 7.99. The van der Waals surface area contributed by atoms with E-state index in [0.717, 1.165) is 0 Å². The third kappa shape index (κ3) is 2.30. The molecular formula is C29H29N.